The smallest absolute Gasteiger partial charge is 0.0414 e. The van der Waals surface area contributed by atoms with Gasteiger partial charge in [0.15, 0.2) is 0 Å². The summed E-state index contributed by atoms with van der Waals surface area (Å²) < 4.78 is 0. The van der Waals surface area contributed by atoms with E-state index in [1.54, 1.807) is 0 Å². The molecule has 0 aliphatic carbocycles. The van der Waals surface area contributed by atoms with Crippen molar-refractivity contribution >= 4 is 0 Å². The van der Waals surface area contributed by atoms with Gasteiger partial charge in [-0.25, -0.2) is 0 Å². The fraction of sp³-hybridized carbons (Fsp3) is 0.962. The molecule has 0 spiro atoms. The van der Waals surface area contributed by atoms with Crippen LogP contribution in [0.2, 0.25) is 0 Å². The molecular formula is C26H53. The van der Waals surface area contributed by atoms with E-state index in [4.69, 9.17) is 0 Å². The standard InChI is InChI=1S/C26H53/c1-4-6-8-9-10-11-12-13-14-15-16-17-18-19-20-21-22-23-25-26(3)24-7-5-2/h26H,3-25H2,1-2H3. The van der Waals surface area contributed by atoms with Gasteiger partial charge in [-0.1, -0.05) is 162 Å². The van der Waals surface area contributed by atoms with E-state index in [0.717, 1.165) is 5.92 Å². The molecule has 0 bridgehead atoms. The van der Waals surface area contributed by atoms with Crippen LogP contribution in [0.3, 0.4) is 0 Å². The fourth-order valence-corrected chi connectivity index (χ4v) is 3.97. The summed E-state index contributed by atoms with van der Waals surface area (Å²) in [6.07, 6.45) is 31.7. The molecule has 0 saturated heterocycles. The molecule has 0 heterocycles. The van der Waals surface area contributed by atoms with E-state index in [9.17, 15) is 0 Å². The highest BCUT2D eigenvalue weighted by molar-refractivity contribution is 4.61. The van der Waals surface area contributed by atoms with Crippen LogP contribution in [0.15, 0.2) is 0 Å². The molecule has 1 atom stereocenters. The van der Waals surface area contributed by atoms with Crippen molar-refractivity contribution in [2.75, 3.05) is 0 Å². The number of hydrogen-bond acceptors (Lipinski definition) is 0. The third-order valence-electron chi connectivity index (χ3n) is 5.93. The van der Waals surface area contributed by atoms with Crippen LogP contribution in [0.25, 0.3) is 0 Å². The molecule has 0 aliphatic heterocycles. The summed E-state index contributed by atoms with van der Waals surface area (Å²) in [5, 5.41) is 0. The van der Waals surface area contributed by atoms with Crippen molar-refractivity contribution in [3.63, 3.8) is 0 Å². The molecule has 0 aromatic heterocycles. The average molecular weight is 366 g/mol. The maximum atomic E-state index is 4.29. The van der Waals surface area contributed by atoms with Crippen LogP contribution in [-0.2, 0) is 0 Å². The van der Waals surface area contributed by atoms with Crippen LogP contribution in [0.5, 0.6) is 0 Å². The monoisotopic (exact) mass is 365 g/mol. The molecule has 0 saturated carbocycles. The lowest BCUT2D eigenvalue weighted by Gasteiger charge is -2.09. The molecule has 0 N–H and O–H groups in total. The molecule has 0 rings (SSSR count). The zero-order valence-corrected chi connectivity index (χ0v) is 18.8. The quantitative estimate of drug-likeness (QED) is 0.167. The lowest BCUT2D eigenvalue weighted by molar-refractivity contribution is 0.472. The minimum atomic E-state index is 0.719. The minimum absolute atomic E-state index is 0.719. The Morgan fingerprint density at radius 1 is 0.385 bits per heavy atom. The summed E-state index contributed by atoms with van der Waals surface area (Å²) in [5.41, 5.74) is 0. The van der Waals surface area contributed by atoms with Crippen molar-refractivity contribution in [3.8, 4) is 0 Å². The van der Waals surface area contributed by atoms with Crippen molar-refractivity contribution in [1.29, 1.82) is 0 Å². The van der Waals surface area contributed by atoms with Crippen LogP contribution >= 0.6 is 0 Å². The number of hydrogen-bond donors (Lipinski definition) is 0. The zero-order chi connectivity index (χ0) is 19.1. The number of rotatable bonds is 22. The van der Waals surface area contributed by atoms with Gasteiger partial charge in [-0.3, -0.25) is 0 Å². The Morgan fingerprint density at radius 2 is 0.654 bits per heavy atom. The molecule has 0 aromatic carbocycles. The van der Waals surface area contributed by atoms with E-state index in [-0.39, 0.29) is 0 Å². The second kappa shape index (κ2) is 23.0. The molecule has 157 valence electrons. The Kier molecular flexibility index (Phi) is 23.0. The molecule has 0 aliphatic rings. The summed E-state index contributed by atoms with van der Waals surface area (Å²) in [6.45, 7) is 8.87. The van der Waals surface area contributed by atoms with Gasteiger partial charge in [0.1, 0.15) is 0 Å². The molecule has 1 unspecified atom stereocenters. The molecule has 1 radical (unpaired) electrons. The second-order valence-electron chi connectivity index (χ2n) is 8.81. The normalized spacial score (nSPS) is 12.6. The molecule has 0 fully saturated rings. The lowest BCUT2D eigenvalue weighted by atomic mass is 9.97. The first-order valence-electron chi connectivity index (χ1n) is 12.6. The van der Waals surface area contributed by atoms with Gasteiger partial charge in [0.05, 0.1) is 0 Å². The Bertz CT molecular complexity index is 232. The highest BCUT2D eigenvalue weighted by Gasteiger charge is 2.01. The second-order valence-corrected chi connectivity index (χ2v) is 8.81. The topological polar surface area (TPSA) is 0 Å². The first-order chi connectivity index (χ1) is 12.8. The van der Waals surface area contributed by atoms with E-state index in [0.29, 0.717) is 0 Å². The van der Waals surface area contributed by atoms with Crippen LogP contribution in [0.4, 0.5) is 0 Å². The van der Waals surface area contributed by atoms with E-state index in [1.807, 2.05) is 0 Å². The third-order valence-corrected chi connectivity index (χ3v) is 5.93. The summed E-state index contributed by atoms with van der Waals surface area (Å²) >= 11 is 0. The SMILES string of the molecule is [CH2]C(CCCC)CCCCCCCCCCCCCCCCCCCC. The van der Waals surface area contributed by atoms with Crippen LogP contribution in [0.1, 0.15) is 155 Å². The molecule has 0 amide bonds. The van der Waals surface area contributed by atoms with Crippen molar-refractivity contribution in [2.24, 2.45) is 5.92 Å². The van der Waals surface area contributed by atoms with Gasteiger partial charge in [-0.05, 0) is 5.92 Å². The Labute approximate surface area is 168 Å². The van der Waals surface area contributed by atoms with Gasteiger partial charge in [0, 0.05) is 0 Å². The molecular weight excluding hydrogens is 312 g/mol. The maximum absolute atomic E-state index is 4.29. The molecule has 0 aromatic rings. The largest absolute Gasteiger partial charge is 0.0654 e. The van der Waals surface area contributed by atoms with Crippen molar-refractivity contribution in [1.82, 2.24) is 0 Å². The van der Waals surface area contributed by atoms with Crippen LogP contribution < -0.4 is 0 Å². The van der Waals surface area contributed by atoms with Gasteiger partial charge < -0.3 is 0 Å². The predicted octanol–water partition coefficient (Wildman–Crippen LogP) is 10.1. The van der Waals surface area contributed by atoms with Crippen molar-refractivity contribution in [2.45, 2.75) is 155 Å². The average Bonchev–Trinajstić information content (AvgIpc) is 2.65. The van der Waals surface area contributed by atoms with Crippen molar-refractivity contribution in [3.05, 3.63) is 6.92 Å². The Hall–Kier alpha value is 0. The highest BCUT2D eigenvalue weighted by Crippen LogP contribution is 2.17. The first kappa shape index (κ1) is 26.0. The summed E-state index contributed by atoms with van der Waals surface area (Å²) in [4.78, 5) is 0. The summed E-state index contributed by atoms with van der Waals surface area (Å²) in [7, 11) is 0. The molecule has 0 heteroatoms. The fourth-order valence-electron chi connectivity index (χ4n) is 3.97. The van der Waals surface area contributed by atoms with Gasteiger partial charge in [-0.2, -0.15) is 0 Å². The van der Waals surface area contributed by atoms with Gasteiger partial charge in [0.25, 0.3) is 0 Å². The van der Waals surface area contributed by atoms with Gasteiger partial charge in [0.2, 0.25) is 0 Å². The zero-order valence-electron chi connectivity index (χ0n) is 18.8. The first-order valence-corrected chi connectivity index (χ1v) is 12.6. The van der Waals surface area contributed by atoms with Gasteiger partial charge >= 0.3 is 0 Å². The van der Waals surface area contributed by atoms with E-state index in [1.165, 1.54) is 141 Å². The Morgan fingerprint density at radius 3 is 1.00 bits per heavy atom. The van der Waals surface area contributed by atoms with Crippen LogP contribution in [0, 0.1) is 12.8 Å². The maximum Gasteiger partial charge on any atom is -0.0414 e. The summed E-state index contributed by atoms with van der Waals surface area (Å²) in [5.74, 6) is 0.719. The number of unbranched alkanes of at least 4 members (excludes halogenated alkanes) is 18. The van der Waals surface area contributed by atoms with E-state index >= 15 is 0 Å². The van der Waals surface area contributed by atoms with Crippen LogP contribution in [-0.4, -0.2) is 0 Å². The van der Waals surface area contributed by atoms with E-state index in [2.05, 4.69) is 20.8 Å². The molecule has 0 nitrogen and oxygen atoms in total. The predicted molar refractivity (Wildman–Crippen MR) is 122 cm³/mol. The lowest BCUT2D eigenvalue weighted by Crippen LogP contribution is -1.94. The summed E-state index contributed by atoms with van der Waals surface area (Å²) in [6, 6.07) is 0. The van der Waals surface area contributed by atoms with Crippen molar-refractivity contribution < 1.29 is 0 Å². The van der Waals surface area contributed by atoms with Gasteiger partial charge in [-0.15, -0.1) is 0 Å². The van der Waals surface area contributed by atoms with E-state index < -0.39 is 0 Å². The highest BCUT2D eigenvalue weighted by atomic mass is 14.1. The minimum Gasteiger partial charge on any atom is -0.0654 e. The molecule has 26 heavy (non-hydrogen) atoms. The third kappa shape index (κ3) is 22.0. The Balaban J connectivity index is 3.03.